The van der Waals surface area contributed by atoms with E-state index in [9.17, 15) is 9.59 Å². The van der Waals surface area contributed by atoms with Crippen molar-refractivity contribution in [3.8, 4) is 5.75 Å². The zero-order valence-corrected chi connectivity index (χ0v) is 16.2. The number of carbonyl (C=O) groups excluding carboxylic acids is 1. The van der Waals surface area contributed by atoms with Gasteiger partial charge in [0.25, 0.3) is 0 Å². The Kier molecular flexibility index (Phi) is 6.44. The third kappa shape index (κ3) is 5.26. The average molecular weight is 396 g/mol. The van der Waals surface area contributed by atoms with Crippen molar-refractivity contribution in [1.82, 2.24) is 15.1 Å². The lowest BCUT2D eigenvalue weighted by Crippen LogP contribution is -2.56. The number of carbonyl (C=O) groups is 2. The van der Waals surface area contributed by atoms with Gasteiger partial charge in [0.05, 0.1) is 13.1 Å². The van der Waals surface area contributed by atoms with Crippen molar-refractivity contribution in [2.24, 2.45) is 0 Å². The molecule has 1 aliphatic carbocycles. The van der Waals surface area contributed by atoms with Gasteiger partial charge in [0, 0.05) is 30.1 Å². The van der Waals surface area contributed by atoms with Crippen LogP contribution in [-0.2, 0) is 4.79 Å². The number of amides is 2. The Hall–Kier alpha value is -1.99. The van der Waals surface area contributed by atoms with Crippen molar-refractivity contribution in [2.45, 2.75) is 44.4 Å². The van der Waals surface area contributed by atoms with Gasteiger partial charge in [-0.05, 0) is 37.6 Å². The number of benzene rings is 1. The molecule has 8 heteroatoms. The van der Waals surface area contributed by atoms with Gasteiger partial charge < -0.3 is 20.1 Å². The van der Waals surface area contributed by atoms with E-state index in [1.165, 1.54) is 0 Å². The Morgan fingerprint density at radius 1 is 1.41 bits per heavy atom. The van der Waals surface area contributed by atoms with E-state index in [1.807, 2.05) is 24.0 Å². The number of aliphatic carboxylic acids is 1. The predicted octanol–water partition coefficient (Wildman–Crippen LogP) is 2.44. The van der Waals surface area contributed by atoms with E-state index < -0.39 is 5.97 Å². The summed E-state index contributed by atoms with van der Waals surface area (Å²) in [6, 6.07) is 7.54. The van der Waals surface area contributed by atoms with Crippen molar-refractivity contribution >= 4 is 23.6 Å². The molecule has 1 aromatic carbocycles. The maximum atomic E-state index is 12.5. The molecule has 0 radical (unpaired) electrons. The number of urea groups is 1. The highest BCUT2D eigenvalue weighted by atomic mass is 35.5. The fourth-order valence-electron chi connectivity index (χ4n) is 3.68. The van der Waals surface area contributed by atoms with Crippen LogP contribution in [0.25, 0.3) is 0 Å². The average Bonchev–Trinajstić information content (AvgIpc) is 3.04. The molecule has 2 aliphatic rings. The van der Waals surface area contributed by atoms with Crippen LogP contribution in [0.1, 0.15) is 26.2 Å². The largest absolute Gasteiger partial charge is 0.488 e. The zero-order chi connectivity index (χ0) is 19.4. The highest BCUT2D eigenvalue weighted by Crippen LogP contribution is 2.26. The molecule has 1 unspecified atom stereocenters. The summed E-state index contributed by atoms with van der Waals surface area (Å²) in [6.07, 6.45) is 2.34. The van der Waals surface area contributed by atoms with E-state index >= 15 is 0 Å². The number of carboxylic acids is 1. The minimum atomic E-state index is -0.813. The Balaban J connectivity index is 1.40. The van der Waals surface area contributed by atoms with Gasteiger partial charge in [-0.15, -0.1) is 0 Å². The van der Waals surface area contributed by atoms with Gasteiger partial charge in [-0.1, -0.05) is 24.6 Å². The molecule has 1 saturated carbocycles. The molecule has 1 atom stereocenters. The number of carboxylic acid groups (broad SMARTS) is 1. The Labute approximate surface area is 164 Å². The summed E-state index contributed by atoms with van der Waals surface area (Å²) >= 11 is 5.97. The van der Waals surface area contributed by atoms with Gasteiger partial charge in [-0.3, -0.25) is 9.69 Å². The Morgan fingerprint density at radius 2 is 2.19 bits per heavy atom. The van der Waals surface area contributed by atoms with Crippen LogP contribution in [0.5, 0.6) is 5.75 Å². The highest BCUT2D eigenvalue weighted by molar-refractivity contribution is 6.30. The Morgan fingerprint density at radius 3 is 2.85 bits per heavy atom. The van der Waals surface area contributed by atoms with Crippen molar-refractivity contribution in [3.63, 3.8) is 0 Å². The molecule has 1 saturated heterocycles. The van der Waals surface area contributed by atoms with Crippen molar-refractivity contribution < 1.29 is 19.4 Å². The first-order valence-electron chi connectivity index (χ1n) is 9.38. The number of nitrogens with one attached hydrogen (secondary N) is 1. The molecular weight excluding hydrogens is 370 g/mol. The summed E-state index contributed by atoms with van der Waals surface area (Å²) in [5.74, 6) is -0.0955. The molecule has 27 heavy (non-hydrogen) atoms. The van der Waals surface area contributed by atoms with E-state index in [0.29, 0.717) is 24.7 Å². The van der Waals surface area contributed by atoms with E-state index in [2.05, 4.69) is 5.32 Å². The summed E-state index contributed by atoms with van der Waals surface area (Å²) in [7, 11) is 0. The molecule has 3 rings (SSSR count). The first-order valence-corrected chi connectivity index (χ1v) is 9.76. The maximum absolute atomic E-state index is 12.5. The number of halogens is 1. The fourth-order valence-corrected chi connectivity index (χ4v) is 3.86. The summed E-state index contributed by atoms with van der Waals surface area (Å²) in [5.41, 5.74) is 0. The SMILES string of the molecule is CCN(CC(=O)O)C1CC(NC(=O)N2CCC(Oc3cccc(Cl)c3)C2)C1. The Bertz CT molecular complexity index is 681. The summed E-state index contributed by atoms with van der Waals surface area (Å²) < 4.78 is 5.91. The van der Waals surface area contributed by atoms with E-state index in [-0.39, 0.29) is 30.8 Å². The molecule has 0 aromatic heterocycles. The second-order valence-corrected chi connectivity index (χ2v) is 7.60. The van der Waals surface area contributed by atoms with E-state index in [0.717, 1.165) is 25.0 Å². The van der Waals surface area contributed by atoms with Gasteiger partial charge in [-0.25, -0.2) is 4.79 Å². The molecule has 2 N–H and O–H groups in total. The van der Waals surface area contributed by atoms with Crippen LogP contribution >= 0.6 is 11.6 Å². The monoisotopic (exact) mass is 395 g/mol. The van der Waals surface area contributed by atoms with E-state index in [1.54, 1.807) is 17.0 Å². The first kappa shape index (κ1) is 19.8. The predicted molar refractivity (Wildman–Crippen MR) is 102 cm³/mol. The third-order valence-corrected chi connectivity index (χ3v) is 5.47. The lowest BCUT2D eigenvalue weighted by atomic mass is 9.85. The number of likely N-dealkylation sites (tertiary alicyclic amines) is 1. The molecule has 7 nitrogen and oxygen atoms in total. The topological polar surface area (TPSA) is 82.1 Å². The molecule has 1 heterocycles. The number of ether oxygens (including phenoxy) is 1. The fraction of sp³-hybridized carbons (Fsp3) is 0.579. The highest BCUT2D eigenvalue weighted by Gasteiger charge is 2.36. The first-order chi connectivity index (χ1) is 12.9. The molecule has 0 spiro atoms. The second-order valence-electron chi connectivity index (χ2n) is 7.16. The normalized spacial score (nSPS) is 24.6. The zero-order valence-electron chi connectivity index (χ0n) is 15.4. The molecule has 2 amide bonds. The van der Waals surface area contributed by atoms with Crippen LogP contribution < -0.4 is 10.1 Å². The van der Waals surface area contributed by atoms with Crippen LogP contribution in [0.3, 0.4) is 0 Å². The van der Waals surface area contributed by atoms with Crippen molar-refractivity contribution in [3.05, 3.63) is 29.3 Å². The van der Waals surface area contributed by atoms with Gasteiger partial charge >= 0.3 is 12.0 Å². The summed E-state index contributed by atoms with van der Waals surface area (Å²) in [4.78, 5) is 27.1. The van der Waals surface area contributed by atoms with Crippen LogP contribution in [-0.4, -0.2) is 71.3 Å². The molecule has 1 aliphatic heterocycles. The molecule has 148 valence electrons. The number of rotatable bonds is 7. The summed E-state index contributed by atoms with van der Waals surface area (Å²) in [5, 5.41) is 12.6. The van der Waals surface area contributed by atoms with Gasteiger partial charge in [0.15, 0.2) is 0 Å². The van der Waals surface area contributed by atoms with Crippen LogP contribution in [0.2, 0.25) is 5.02 Å². The smallest absolute Gasteiger partial charge is 0.317 e. The van der Waals surface area contributed by atoms with Crippen molar-refractivity contribution in [2.75, 3.05) is 26.2 Å². The number of hydrogen-bond donors (Lipinski definition) is 2. The lowest BCUT2D eigenvalue weighted by Gasteiger charge is -2.42. The minimum absolute atomic E-state index is 0.0329. The maximum Gasteiger partial charge on any atom is 0.317 e. The number of nitrogens with zero attached hydrogens (tertiary/aromatic N) is 2. The standard InChI is InChI=1S/C19H26ClN3O4/c1-2-22(12-18(24)25)15-9-14(10-15)21-19(26)23-7-6-17(11-23)27-16-5-3-4-13(20)8-16/h3-5,8,14-15,17H,2,6-7,9-12H2,1H3,(H,21,26)(H,24,25). The molecule has 2 fully saturated rings. The van der Waals surface area contributed by atoms with Crippen LogP contribution in [0, 0.1) is 0 Å². The van der Waals surface area contributed by atoms with Gasteiger partial charge in [0.2, 0.25) is 0 Å². The summed E-state index contributed by atoms with van der Waals surface area (Å²) in [6.45, 7) is 3.92. The van der Waals surface area contributed by atoms with Crippen LogP contribution in [0.15, 0.2) is 24.3 Å². The van der Waals surface area contributed by atoms with Gasteiger partial charge in [0.1, 0.15) is 11.9 Å². The third-order valence-electron chi connectivity index (χ3n) is 5.23. The second kappa shape index (κ2) is 8.80. The quantitative estimate of drug-likeness (QED) is 0.741. The lowest BCUT2D eigenvalue weighted by molar-refractivity contribution is -0.139. The van der Waals surface area contributed by atoms with Gasteiger partial charge in [-0.2, -0.15) is 0 Å². The molecule has 1 aromatic rings. The molecule has 0 bridgehead atoms. The molecular formula is C19H26ClN3O4. The van der Waals surface area contributed by atoms with Crippen molar-refractivity contribution in [1.29, 1.82) is 0 Å². The van der Waals surface area contributed by atoms with Crippen LogP contribution in [0.4, 0.5) is 4.79 Å². The number of hydrogen-bond acceptors (Lipinski definition) is 4. The number of likely N-dealkylation sites (N-methyl/N-ethyl adjacent to an activating group) is 1. The van der Waals surface area contributed by atoms with E-state index in [4.69, 9.17) is 21.4 Å². The minimum Gasteiger partial charge on any atom is -0.488 e.